The number of fused-ring (bicyclic) bond motifs is 1. The standard InChI is InChI=1S/C18H17Cl2N3O2S/c1-10-11(2)26-17-16(10)18(25)23(9-22-17)8-15(24)21-6-5-12-3-4-13(19)7-14(12)20/h3-4,7,9H,5-6,8H2,1-2H3,(H,21,24). The van der Waals surface area contributed by atoms with Gasteiger partial charge in [0.05, 0.1) is 11.7 Å². The average molecular weight is 410 g/mol. The van der Waals surface area contributed by atoms with E-state index in [2.05, 4.69) is 10.3 Å². The SMILES string of the molecule is Cc1sc2ncn(CC(=O)NCCc3ccc(Cl)cc3Cl)c(=O)c2c1C. The van der Waals surface area contributed by atoms with Crippen molar-refractivity contribution < 1.29 is 4.79 Å². The monoisotopic (exact) mass is 409 g/mol. The molecule has 8 heteroatoms. The zero-order valence-corrected chi connectivity index (χ0v) is 16.6. The van der Waals surface area contributed by atoms with Gasteiger partial charge < -0.3 is 5.32 Å². The molecule has 0 aliphatic rings. The van der Waals surface area contributed by atoms with Crippen LogP contribution in [0, 0.1) is 13.8 Å². The molecule has 2 aromatic heterocycles. The van der Waals surface area contributed by atoms with Crippen LogP contribution in [0.5, 0.6) is 0 Å². The number of thiophene rings is 1. The van der Waals surface area contributed by atoms with Crippen LogP contribution in [0.25, 0.3) is 10.2 Å². The largest absolute Gasteiger partial charge is 0.354 e. The first kappa shape index (κ1) is 18.9. The summed E-state index contributed by atoms with van der Waals surface area (Å²) in [4.78, 5) is 30.8. The van der Waals surface area contributed by atoms with E-state index in [4.69, 9.17) is 23.2 Å². The van der Waals surface area contributed by atoms with Gasteiger partial charge in [0.15, 0.2) is 0 Å². The molecular weight excluding hydrogens is 393 g/mol. The summed E-state index contributed by atoms with van der Waals surface area (Å²) >= 11 is 13.5. The zero-order chi connectivity index (χ0) is 18.8. The van der Waals surface area contributed by atoms with Crippen LogP contribution in [0.15, 0.2) is 29.3 Å². The van der Waals surface area contributed by atoms with Crippen molar-refractivity contribution in [2.24, 2.45) is 0 Å². The Morgan fingerprint density at radius 3 is 2.81 bits per heavy atom. The molecular formula is C18H17Cl2N3O2S. The van der Waals surface area contributed by atoms with E-state index in [-0.39, 0.29) is 18.0 Å². The Labute approximate surface area is 164 Å². The van der Waals surface area contributed by atoms with Crippen molar-refractivity contribution in [3.05, 3.63) is 60.9 Å². The van der Waals surface area contributed by atoms with Crippen LogP contribution in [-0.2, 0) is 17.8 Å². The number of carbonyl (C=O) groups excluding carboxylic acids is 1. The maximum atomic E-state index is 12.6. The molecule has 3 aromatic rings. The lowest BCUT2D eigenvalue weighted by atomic mass is 10.1. The molecule has 1 N–H and O–H groups in total. The minimum Gasteiger partial charge on any atom is -0.354 e. The van der Waals surface area contributed by atoms with Crippen molar-refractivity contribution in [3.63, 3.8) is 0 Å². The zero-order valence-electron chi connectivity index (χ0n) is 14.3. The molecule has 0 fully saturated rings. The van der Waals surface area contributed by atoms with Crippen molar-refractivity contribution in [2.45, 2.75) is 26.8 Å². The number of nitrogens with one attached hydrogen (secondary N) is 1. The lowest BCUT2D eigenvalue weighted by Gasteiger charge is -2.08. The number of hydrogen-bond acceptors (Lipinski definition) is 4. The first-order chi connectivity index (χ1) is 12.4. The third-order valence-corrected chi connectivity index (χ3v) is 5.90. The Kier molecular flexibility index (Phi) is 5.65. The molecule has 3 rings (SSSR count). The van der Waals surface area contributed by atoms with Crippen LogP contribution < -0.4 is 10.9 Å². The molecule has 0 atom stereocenters. The number of carbonyl (C=O) groups is 1. The minimum absolute atomic E-state index is 0.0650. The first-order valence-electron chi connectivity index (χ1n) is 8.02. The molecule has 0 spiro atoms. The Bertz CT molecular complexity index is 1040. The smallest absolute Gasteiger partial charge is 0.262 e. The molecule has 136 valence electrons. The van der Waals surface area contributed by atoms with Crippen LogP contribution in [0.1, 0.15) is 16.0 Å². The van der Waals surface area contributed by atoms with Crippen molar-refractivity contribution in [2.75, 3.05) is 6.54 Å². The van der Waals surface area contributed by atoms with E-state index in [9.17, 15) is 9.59 Å². The quantitative estimate of drug-likeness (QED) is 0.697. The number of rotatable bonds is 5. The van der Waals surface area contributed by atoms with Gasteiger partial charge in [0, 0.05) is 21.5 Å². The summed E-state index contributed by atoms with van der Waals surface area (Å²) in [6.45, 7) is 4.21. The molecule has 0 aliphatic carbocycles. The second-order valence-electron chi connectivity index (χ2n) is 5.98. The second-order valence-corrected chi connectivity index (χ2v) is 8.02. The number of halogens is 2. The molecule has 0 saturated heterocycles. The second kappa shape index (κ2) is 7.78. The molecule has 0 unspecified atom stereocenters. The molecule has 0 aliphatic heterocycles. The number of hydrogen-bond donors (Lipinski definition) is 1. The van der Waals surface area contributed by atoms with Gasteiger partial charge in [0.2, 0.25) is 5.91 Å². The summed E-state index contributed by atoms with van der Waals surface area (Å²) < 4.78 is 1.34. The maximum Gasteiger partial charge on any atom is 0.262 e. The van der Waals surface area contributed by atoms with Crippen molar-refractivity contribution >= 4 is 50.7 Å². The van der Waals surface area contributed by atoms with Crippen molar-refractivity contribution in [1.29, 1.82) is 0 Å². The summed E-state index contributed by atoms with van der Waals surface area (Å²) in [5.41, 5.74) is 1.64. The maximum absolute atomic E-state index is 12.6. The van der Waals surface area contributed by atoms with Crippen molar-refractivity contribution in [3.8, 4) is 0 Å². The predicted molar refractivity (Wildman–Crippen MR) is 107 cm³/mol. The molecule has 1 amide bonds. The highest BCUT2D eigenvalue weighted by Gasteiger charge is 2.13. The Morgan fingerprint density at radius 2 is 2.08 bits per heavy atom. The van der Waals surface area contributed by atoms with Gasteiger partial charge >= 0.3 is 0 Å². The van der Waals surface area contributed by atoms with Gasteiger partial charge in [0.25, 0.3) is 5.56 Å². The van der Waals surface area contributed by atoms with Gasteiger partial charge in [-0.3, -0.25) is 14.2 Å². The third kappa shape index (κ3) is 3.92. The summed E-state index contributed by atoms with van der Waals surface area (Å²) in [5.74, 6) is -0.247. The number of nitrogens with zero attached hydrogens (tertiary/aromatic N) is 2. The van der Waals surface area contributed by atoms with Crippen LogP contribution in [0.2, 0.25) is 10.0 Å². The predicted octanol–water partition coefficient (Wildman–Crippen LogP) is 3.74. The highest BCUT2D eigenvalue weighted by molar-refractivity contribution is 7.18. The van der Waals surface area contributed by atoms with E-state index in [1.165, 1.54) is 22.2 Å². The lowest BCUT2D eigenvalue weighted by molar-refractivity contribution is -0.121. The van der Waals surface area contributed by atoms with E-state index >= 15 is 0 Å². The van der Waals surface area contributed by atoms with E-state index < -0.39 is 0 Å². The molecule has 5 nitrogen and oxygen atoms in total. The van der Waals surface area contributed by atoms with Gasteiger partial charge in [-0.25, -0.2) is 4.98 Å². The number of aromatic nitrogens is 2. The van der Waals surface area contributed by atoms with E-state index in [0.29, 0.717) is 33.2 Å². The summed E-state index contributed by atoms with van der Waals surface area (Å²) in [6.07, 6.45) is 2.01. The molecule has 1 aromatic carbocycles. The fourth-order valence-electron chi connectivity index (χ4n) is 2.65. The number of amides is 1. The van der Waals surface area contributed by atoms with E-state index in [0.717, 1.165) is 16.0 Å². The van der Waals surface area contributed by atoms with Gasteiger partial charge in [-0.1, -0.05) is 29.3 Å². The summed E-state index contributed by atoms with van der Waals surface area (Å²) in [7, 11) is 0. The molecule has 0 saturated carbocycles. The van der Waals surface area contributed by atoms with Crippen molar-refractivity contribution in [1.82, 2.24) is 14.9 Å². The van der Waals surface area contributed by atoms with Gasteiger partial charge in [-0.15, -0.1) is 11.3 Å². The Morgan fingerprint density at radius 1 is 1.31 bits per heavy atom. The first-order valence-corrected chi connectivity index (χ1v) is 9.60. The van der Waals surface area contributed by atoms with Gasteiger partial charge in [-0.05, 0) is 43.5 Å². The lowest BCUT2D eigenvalue weighted by Crippen LogP contribution is -2.33. The fourth-order valence-corrected chi connectivity index (χ4v) is 4.14. The van der Waals surface area contributed by atoms with E-state index in [1.807, 2.05) is 19.9 Å². The number of benzene rings is 1. The van der Waals surface area contributed by atoms with Crippen LogP contribution in [0.3, 0.4) is 0 Å². The van der Waals surface area contributed by atoms with Gasteiger partial charge in [0.1, 0.15) is 11.4 Å². The average Bonchev–Trinajstić information content (AvgIpc) is 2.87. The van der Waals surface area contributed by atoms with Gasteiger partial charge in [-0.2, -0.15) is 0 Å². The minimum atomic E-state index is -0.247. The fraction of sp³-hybridized carbons (Fsp3) is 0.278. The highest BCUT2D eigenvalue weighted by atomic mass is 35.5. The highest BCUT2D eigenvalue weighted by Crippen LogP contribution is 2.25. The normalized spacial score (nSPS) is 11.1. The summed E-state index contributed by atoms with van der Waals surface area (Å²) in [5, 5.41) is 4.54. The molecule has 26 heavy (non-hydrogen) atoms. The van der Waals surface area contributed by atoms with Crippen LogP contribution in [-0.4, -0.2) is 22.0 Å². The van der Waals surface area contributed by atoms with Crippen LogP contribution >= 0.6 is 34.5 Å². The van der Waals surface area contributed by atoms with Crippen LogP contribution in [0.4, 0.5) is 0 Å². The van der Waals surface area contributed by atoms with E-state index in [1.54, 1.807) is 12.1 Å². The molecule has 2 heterocycles. The third-order valence-electron chi connectivity index (χ3n) is 4.20. The topological polar surface area (TPSA) is 64.0 Å². The summed E-state index contributed by atoms with van der Waals surface area (Å²) in [6, 6.07) is 5.27. The molecule has 0 bridgehead atoms. The number of aryl methyl sites for hydroxylation is 2. The Balaban J connectivity index is 1.65. The Hall–Kier alpha value is -1.89. The molecule has 0 radical (unpaired) electrons.